The van der Waals surface area contributed by atoms with E-state index in [1.165, 1.54) is 0 Å². The van der Waals surface area contributed by atoms with Crippen LogP contribution in [0, 0.1) is 6.92 Å². The lowest BCUT2D eigenvalue weighted by atomic mass is 10.2. The molecule has 10 heavy (non-hydrogen) atoms. The molecule has 0 atom stereocenters. The van der Waals surface area contributed by atoms with Crippen molar-refractivity contribution in [2.45, 2.75) is 6.92 Å². The van der Waals surface area contributed by atoms with Crippen LogP contribution in [0.1, 0.15) is 5.56 Å². The molecule has 0 amide bonds. The largest absolute Gasteiger partial charge is 0.331 e. The number of benzene rings is 1. The van der Waals surface area contributed by atoms with Crippen LogP contribution in [0.4, 0.5) is 11.4 Å². The molecule has 1 aliphatic rings. The molecule has 0 saturated heterocycles. The Labute approximate surface area is 58.8 Å². The van der Waals surface area contributed by atoms with Gasteiger partial charge in [-0.25, -0.2) is 0 Å². The Morgan fingerprint density at radius 1 is 1.50 bits per heavy atom. The summed E-state index contributed by atoms with van der Waals surface area (Å²) >= 11 is 0. The highest BCUT2D eigenvalue weighted by atomic mass is 15.5. The molecule has 1 aromatic carbocycles. The van der Waals surface area contributed by atoms with Crippen molar-refractivity contribution >= 4 is 11.4 Å². The number of rotatable bonds is 0. The van der Waals surface area contributed by atoms with Gasteiger partial charge in [0, 0.05) is 0 Å². The molecule has 1 N–H and O–H groups in total. The molecule has 3 nitrogen and oxygen atoms in total. The maximum absolute atomic E-state index is 3.91. The smallest absolute Gasteiger partial charge is 0.0687 e. The Kier molecular flexibility index (Phi) is 0.974. The van der Waals surface area contributed by atoms with Crippen LogP contribution in [-0.4, -0.2) is 0 Å². The van der Waals surface area contributed by atoms with Crippen LogP contribution in [0.2, 0.25) is 0 Å². The second-order valence-corrected chi connectivity index (χ2v) is 2.28. The summed E-state index contributed by atoms with van der Waals surface area (Å²) in [4.78, 5) is 0. The van der Waals surface area contributed by atoms with Crippen molar-refractivity contribution in [3.05, 3.63) is 23.8 Å². The fourth-order valence-corrected chi connectivity index (χ4v) is 1.01. The molecule has 49 valence electrons. The van der Waals surface area contributed by atoms with E-state index in [1.54, 1.807) is 0 Å². The molecule has 1 heterocycles. The lowest BCUT2D eigenvalue weighted by Crippen LogP contribution is -1.90. The zero-order valence-electron chi connectivity index (χ0n) is 5.63. The van der Waals surface area contributed by atoms with Crippen LogP contribution < -0.4 is 10.6 Å². The molecule has 0 aromatic heterocycles. The van der Waals surface area contributed by atoms with Gasteiger partial charge in [-0.15, -0.1) is 0 Å². The molecule has 1 aliphatic heterocycles. The molecule has 0 unspecified atom stereocenters. The number of fused-ring (bicyclic) bond motifs is 1. The van der Waals surface area contributed by atoms with Crippen molar-refractivity contribution in [1.29, 1.82) is 0 Å². The third-order valence-corrected chi connectivity index (χ3v) is 1.56. The number of hydrogen-bond acceptors (Lipinski definition) is 3. The van der Waals surface area contributed by atoms with Crippen LogP contribution >= 0.6 is 0 Å². The van der Waals surface area contributed by atoms with Gasteiger partial charge in [0.05, 0.1) is 0 Å². The summed E-state index contributed by atoms with van der Waals surface area (Å²) in [6, 6.07) is 5.96. The molecule has 0 fully saturated rings. The minimum Gasteiger partial charge on any atom is -0.0687 e. The van der Waals surface area contributed by atoms with E-state index in [9.17, 15) is 0 Å². The summed E-state index contributed by atoms with van der Waals surface area (Å²) in [7, 11) is 0. The molecule has 0 saturated carbocycles. The van der Waals surface area contributed by atoms with Gasteiger partial charge in [0.15, 0.2) is 5.69 Å². The molecule has 2 rings (SSSR count). The van der Waals surface area contributed by atoms with E-state index >= 15 is 0 Å². The minimum atomic E-state index is 0.961. The van der Waals surface area contributed by atoms with Crippen molar-refractivity contribution in [1.82, 2.24) is 5.22 Å². The number of nitrogens with zero attached hydrogens (tertiary/aromatic N) is 2. The monoisotopic (exact) mass is 133 g/mol. The van der Waals surface area contributed by atoms with E-state index in [0.29, 0.717) is 0 Å². The highest BCUT2D eigenvalue weighted by molar-refractivity contribution is 5.69. The van der Waals surface area contributed by atoms with Gasteiger partial charge < -0.3 is 0 Å². The summed E-state index contributed by atoms with van der Waals surface area (Å²) in [5.74, 6) is 0. The van der Waals surface area contributed by atoms with Crippen LogP contribution in [0.5, 0.6) is 0 Å². The molecule has 0 aliphatic carbocycles. The van der Waals surface area contributed by atoms with Crippen molar-refractivity contribution in [2.75, 3.05) is 5.43 Å². The Morgan fingerprint density at radius 2 is 2.40 bits per heavy atom. The number of nitrogens with one attached hydrogen (secondary N) is 1. The Morgan fingerprint density at radius 3 is 3.20 bits per heavy atom. The zero-order chi connectivity index (χ0) is 6.97. The Hall–Kier alpha value is -1.38. The zero-order valence-corrected chi connectivity index (χ0v) is 5.63. The summed E-state index contributed by atoms with van der Waals surface area (Å²) < 4.78 is 0. The molecular weight excluding hydrogens is 126 g/mol. The van der Waals surface area contributed by atoms with E-state index in [-0.39, 0.29) is 0 Å². The highest BCUT2D eigenvalue weighted by Crippen LogP contribution is 2.30. The molecule has 1 aromatic rings. The number of hydrogen-bond donors (Lipinski definition) is 1. The van der Waals surface area contributed by atoms with Gasteiger partial charge in [0.25, 0.3) is 0 Å². The fourth-order valence-electron chi connectivity index (χ4n) is 1.01. The SMILES string of the molecule is Cc1cccc2c1N=[N+]N2. The third-order valence-electron chi connectivity index (χ3n) is 1.56. The highest BCUT2D eigenvalue weighted by Gasteiger charge is 2.17. The number of anilines is 1. The first-order chi connectivity index (χ1) is 4.88. The first-order valence-electron chi connectivity index (χ1n) is 3.14. The van der Waals surface area contributed by atoms with Crippen molar-refractivity contribution < 1.29 is 0 Å². The van der Waals surface area contributed by atoms with Crippen molar-refractivity contribution in [2.24, 2.45) is 5.11 Å². The second-order valence-electron chi connectivity index (χ2n) is 2.28. The van der Waals surface area contributed by atoms with E-state index in [1.807, 2.05) is 25.1 Å². The molecule has 0 bridgehead atoms. The summed E-state index contributed by atoms with van der Waals surface area (Å²) in [6.07, 6.45) is 0. The predicted molar refractivity (Wildman–Crippen MR) is 39.0 cm³/mol. The Balaban J connectivity index is 2.67. The van der Waals surface area contributed by atoms with Crippen LogP contribution in [0.25, 0.3) is 0 Å². The van der Waals surface area contributed by atoms with Crippen molar-refractivity contribution in [3.63, 3.8) is 0 Å². The average Bonchev–Trinajstić information content (AvgIpc) is 2.36. The maximum atomic E-state index is 3.91. The van der Waals surface area contributed by atoms with Gasteiger partial charge >= 0.3 is 5.22 Å². The average molecular weight is 133 g/mol. The third kappa shape index (κ3) is 0.603. The van der Waals surface area contributed by atoms with Crippen LogP contribution in [0.15, 0.2) is 23.3 Å². The molecule has 3 heteroatoms. The van der Waals surface area contributed by atoms with Crippen LogP contribution in [-0.2, 0) is 0 Å². The topological polar surface area (TPSA) is 38.5 Å². The fraction of sp³-hybridized carbons (Fsp3) is 0.143. The first kappa shape index (κ1) is 5.41. The standard InChI is InChI=1S/C7H7N3/c1-5-3-2-4-6-7(5)9-10-8-6/h2-4H,1H3,(H,8,9)/q+1. The van der Waals surface area contributed by atoms with Gasteiger partial charge in [-0.05, 0) is 18.6 Å². The summed E-state index contributed by atoms with van der Waals surface area (Å²) in [5, 5.41) is 7.60. The molecule has 1 radical (unpaired) electrons. The van der Waals surface area contributed by atoms with Crippen molar-refractivity contribution in [3.8, 4) is 0 Å². The molecule has 0 spiro atoms. The van der Waals surface area contributed by atoms with E-state index in [2.05, 4.69) is 15.8 Å². The minimum absolute atomic E-state index is 0.961. The molecular formula is C7H7N3+. The summed E-state index contributed by atoms with van der Waals surface area (Å²) in [5.41, 5.74) is 5.92. The van der Waals surface area contributed by atoms with E-state index < -0.39 is 0 Å². The lowest BCUT2D eigenvalue weighted by Gasteiger charge is -1.91. The second kappa shape index (κ2) is 1.80. The van der Waals surface area contributed by atoms with E-state index in [4.69, 9.17) is 0 Å². The van der Waals surface area contributed by atoms with Gasteiger partial charge in [-0.3, -0.25) is 0 Å². The predicted octanol–water partition coefficient (Wildman–Crippen LogP) is 1.76. The normalized spacial score (nSPS) is 12.9. The quantitative estimate of drug-likeness (QED) is 0.575. The van der Waals surface area contributed by atoms with E-state index in [0.717, 1.165) is 16.9 Å². The lowest BCUT2D eigenvalue weighted by molar-refractivity contribution is 1.06. The van der Waals surface area contributed by atoms with Gasteiger partial charge in [0.2, 0.25) is 0 Å². The first-order valence-corrected chi connectivity index (χ1v) is 3.14. The van der Waals surface area contributed by atoms with Gasteiger partial charge in [0.1, 0.15) is 10.8 Å². The Bertz CT molecular complexity index is 291. The van der Waals surface area contributed by atoms with Crippen LogP contribution in [0.3, 0.4) is 0 Å². The summed E-state index contributed by atoms with van der Waals surface area (Å²) in [6.45, 7) is 2.02. The van der Waals surface area contributed by atoms with Gasteiger partial charge in [-0.2, -0.15) is 0 Å². The number of aryl methyl sites for hydroxylation is 1. The maximum Gasteiger partial charge on any atom is 0.331 e. The van der Waals surface area contributed by atoms with Gasteiger partial charge in [-0.1, -0.05) is 17.6 Å².